The number of fused-ring (bicyclic) bond motifs is 1. The Morgan fingerprint density at radius 1 is 1.28 bits per heavy atom. The molecule has 172 valence electrons. The number of hydrogen-bond donors (Lipinski definition) is 0. The van der Waals surface area contributed by atoms with E-state index in [1.807, 2.05) is 0 Å². The topological polar surface area (TPSA) is 98.3 Å². The van der Waals surface area contributed by atoms with Crippen molar-refractivity contribution in [1.82, 2.24) is 14.9 Å². The van der Waals surface area contributed by atoms with Crippen molar-refractivity contribution >= 4 is 52.1 Å². The van der Waals surface area contributed by atoms with Crippen LogP contribution < -0.4 is 4.74 Å². The van der Waals surface area contributed by atoms with Crippen LogP contribution in [0.5, 0.6) is 5.06 Å². The predicted octanol–water partition coefficient (Wildman–Crippen LogP) is 2.63. The second-order valence-corrected chi connectivity index (χ2v) is 10.2. The molecule has 1 saturated heterocycles. The van der Waals surface area contributed by atoms with Gasteiger partial charge < -0.3 is 19.2 Å². The maximum atomic E-state index is 12.6. The minimum atomic E-state index is -0.586. The molecule has 4 rings (SSSR count). The third-order valence-electron chi connectivity index (χ3n) is 5.21. The van der Waals surface area contributed by atoms with Crippen LogP contribution in [-0.4, -0.2) is 66.1 Å². The van der Waals surface area contributed by atoms with Crippen molar-refractivity contribution in [3.8, 4) is 5.06 Å². The first-order valence-corrected chi connectivity index (χ1v) is 12.1. The summed E-state index contributed by atoms with van der Waals surface area (Å²) in [4.78, 5) is 49.3. The maximum absolute atomic E-state index is 12.6. The monoisotopic (exact) mass is 499 g/mol. The number of hydrogen-bond acceptors (Lipinski definition) is 10. The van der Waals surface area contributed by atoms with Crippen molar-refractivity contribution in [2.45, 2.75) is 31.7 Å². The number of carbonyl (C=O) groups is 3. The summed E-state index contributed by atoms with van der Waals surface area (Å²) in [5, 5.41) is 2.66. The lowest BCUT2D eigenvalue weighted by molar-refractivity contribution is -0.201. The first kappa shape index (κ1) is 23.0. The zero-order valence-corrected chi connectivity index (χ0v) is 19.8. The van der Waals surface area contributed by atoms with Gasteiger partial charge in [-0.3, -0.25) is 9.59 Å². The molecule has 9 nitrogen and oxygen atoms in total. The molecule has 0 bridgehead atoms. The number of methoxy groups -OCH3 is 1. The Hall–Kier alpha value is -2.21. The van der Waals surface area contributed by atoms with Gasteiger partial charge in [0.2, 0.25) is 5.91 Å². The molecule has 1 fully saturated rings. The van der Waals surface area contributed by atoms with Crippen LogP contribution in [-0.2, 0) is 36.9 Å². The summed E-state index contributed by atoms with van der Waals surface area (Å²) in [7, 11) is 1.39. The molecule has 1 aliphatic heterocycles. The average molecular weight is 500 g/mol. The predicted molar refractivity (Wildman–Crippen MR) is 118 cm³/mol. The normalized spacial score (nSPS) is 18.9. The highest BCUT2D eigenvalue weighted by Gasteiger charge is 2.32. The minimum Gasteiger partial charge on any atom is -0.472 e. The molecule has 32 heavy (non-hydrogen) atoms. The minimum absolute atomic E-state index is 0.0353. The molecule has 3 heterocycles. The number of hydroxylamine groups is 2. The zero-order chi connectivity index (χ0) is 22.7. The Morgan fingerprint density at radius 2 is 2.12 bits per heavy atom. The molecule has 0 spiro atoms. The lowest BCUT2D eigenvalue weighted by Gasteiger charge is -2.32. The van der Waals surface area contributed by atoms with E-state index in [4.69, 9.17) is 25.9 Å². The highest BCUT2D eigenvalue weighted by atomic mass is 35.5. The molecule has 1 atom stereocenters. The SMILES string of the molecule is COC(=O)C1CCCc2sc(CN3CCN(OC(=O)COc4ccc(Cl)s4)CC3=O)nc21. The number of aryl methyl sites for hydroxylation is 1. The van der Waals surface area contributed by atoms with E-state index in [-0.39, 0.29) is 30.9 Å². The van der Waals surface area contributed by atoms with Crippen molar-refractivity contribution in [1.29, 1.82) is 0 Å². The summed E-state index contributed by atoms with van der Waals surface area (Å²) in [6, 6.07) is 3.35. The van der Waals surface area contributed by atoms with Gasteiger partial charge in [0.15, 0.2) is 11.7 Å². The van der Waals surface area contributed by atoms with Gasteiger partial charge in [0, 0.05) is 11.4 Å². The van der Waals surface area contributed by atoms with Crippen molar-refractivity contribution in [3.05, 3.63) is 32.0 Å². The van der Waals surface area contributed by atoms with E-state index in [2.05, 4.69) is 4.98 Å². The smallest absolute Gasteiger partial charge is 0.363 e. The summed E-state index contributed by atoms with van der Waals surface area (Å²) < 4.78 is 10.8. The largest absolute Gasteiger partial charge is 0.472 e. The summed E-state index contributed by atoms with van der Waals surface area (Å²) in [5.41, 5.74) is 0.787. The van der Waals surface area contributed by atoms with Gasteiger partial charge in [0.05, 0.1) is 30.2 Å². The van der Waals surface area contributed by atoms with Gasteiger partial charge in [-0.2, -0.15) is 0 Å². The second-order valence-electron chi connectivity index (χ2n) is 7.37. The fourth-order valence-corrected chi connectivity index (χ4v) is 5.74. The molecule has 0 saturated carbocycles. The average Bonchev–Trinajstić information content (AvgIpc) is 3.38. The Kier molecular flexibility index (Phi) is 7.29. The van der Waals surface area contributed by atoms with Gasteiger partial charge in [-0.25, -0.2) is 9.78 Å². The standard InChI is InChI=1S/C20H22ClN3O6S2/c1-28-20(27)12-3-2-4-13-19(12)22-15(31-13)9-23-7-8-24(10-16(23)25)30-17(26)11-29-18-6-5-14(21)32-18/h5-6,12H,2-4,7-11H2,1H3. The van der Waals surface area contributed by atoms with Crippen LogP contribution in [0, 0.1) is 0 Å². The third-order valence-corrected chi connectivity index (χ3v) is 7.47. The Labute approximate surface area is 197 Å². The van der Waals surface area contributed by atoms with Gasteiger partial charge in [0.1, 0.15) is 17.5 Å². The molecule has 2 aromatic heterocycles. The van der Waals surface area contributed by atoms with Gasteiger partial charge in [0.25, 0.3) is 0 Å². The molecule has 1 amide bonds. The van der Waals surface area contributed by atoms with E-state index in [1.165, 1.54) is 23.5 Å². The number of thiophene rings is 1. The van der Waals surface area contributed by atoms with Crippen molar-refractivity contribution in [2.24, 2.45) is 0 Å². The summed E-state index contributed by atoms with van der Waals surface area (Å²) in [6.07, 6.45) is 2.54. The molecule has 12 heteroatoms. The number of rotatable bonds is 7. The molecule has 0 aromatic carbocycles. The highest BCUT2D eigenvalue weighted by molar-refractivity contribution is 7.17. The third kappa shape index (κ3) is 5.40. The number of aromatic nitrogens is 1. The summed E-state index contributed by atoms with van der Waals surface area (Å²) in [5.74, 6) is -1.33. The van der Waals surface area contributed by atoms with Crippen LogP contribution in [0.4, 0.5) is 0 Å². The van der Waals surface area contributed by atoms with Crippen LogP contribution in [0.2, 0.25) is 4.34 Å². The molecule has 2 aromatic rings. The number of ether oxygens (including phenoxy) is 2. The van der Waals surface area contributed by atoms with Crippen LogP contribution >= 0.6 is 34.3 Å². The molecule has 1 aliphatic carbocycles. The van der Waals surface area contributed by atoms with Crippen LogP contribution in [0.25, 0.3) is 0 Å². The van der Waals surface area contributed by atoms with E-state index in [1.54, 1.807) is 28.4 Å². The molecule has 2 aliphatic rings. The van der Waals surface area contributed by atoms with Crippen LogP contribution in [0.3, 0.4) is 0 Å². The van der Waals surface area contributed by atoms with Crippen molar-refractivity contribution in [2.75, 3.05) is 33.4 Å². The molecule has 0 radical (unpaired) electrons. The number of amides is 1. The summed E-state index contributed by atoms with van der Waals surface area (Å²) in [6.45, 7) is 0.856. The van der Waals surface area contributed by atoms with Crippen molar-refractivity contribution < 1.29 is 28.7 Å². The fraction of sp³-hybridized carbons (Fsp3) is 0.500. The Balaban J connectivity index is 1.28. The first-order chi connectivity index (χ1) is 15.4. The Morgan fingerprint density at radius 3 is 2.84 bits per heavy atom. The Bertz CT molecular complexity index is 1010. The van der Waals surface area contributed by atoms with E-state index < -0.39 is 5.97 Å². The van der Waals surface area contributed by atoms with Gasteiger partial charge in [-0.05, 0) is 31.4 Å². The van der Waals surface area contributed by atoms with E-state index in [9.17, 15) is 14.4 Å². The molecule has 1 unspecified atom stereocenters. The van der Waals surface area contributed by atoms with E-state index in [0.29, 0.717) is 29.0 Å². The molecular weight excluding hydrogens is 478 g/mol. The zero-order valence-electron chi connectivity index (χ0n) is 17.4. The number of halogens is 1. The number of piperazine rings is 1. The van der Waals surface area contributed by atoms with Gasteiger partial charge in [-0.15, -0.1) is 16.4 Å². The van der Waals surface area contributed by atoms with E-state index >= 15 is 0 Å². The fourth-order valence-electron chi connectivity index (χ4n) is 3.68. The van der Waals surface area contributed by atoms with Crippen LogP contribution in [0.1, 0.15) is 34.3 Å². The lowest BCUT2D eigenvalue weighted by Crippen LogP contribution is -2.50. The van der Waals surface area contributed by atoms with E-state index in [0.717, 1.165) is 34.8 Å². The lowest BCUT2D eigenvalue weighted by atomic mass is 9.91. The van der Waals surface area contributed by atoms with Crippen molar-refractivity contribution in [3.63, 3.8) is 0 Å². The maximum Gasteiger partial charge on any atom is 0.363 e. The summed E-state index contributed by atoms with van der Waals surface area (Å²) >= 11 is 8.59. The molecule has 0 N–H and O–H groups in total. The van der Waals surface area contributed by atoms with Gasteiger partial charge >= 0.3 is 11.9 Å². The number of thiazole rings is 1. The first-order valence-electron chi connectivity index (χ1n) is 10.1. The quantitative estimate of drug-likeness (QED) is 0.536. The second kappa shape index (κ2) is 10.2. The highest BCUT2D eigenvalue weighted by Crippen LogP contribution is 2.36. The number of carbonyl (C=O) groups excluding carboxylic acids is 3. The van der Waals surface area contributed by atoms with Gasteiger partial charge in [-0.1, -0.05) is 22.9 Å². The van der Waals surface area contributed by atoms with Crippen LogP contribution in [0.15, 0.2) is 12.1 Å². The number of esters is 1. The number of nitrogens with zero attached hydrogens (tertiary/aromatic N) is 3. The molecular formula is C20H22ClN3O6S2.